The second-order valence-corrected chi connectivity index (χ2v) is 8.12. The fourth-order valence-corrected chi connectivity index (χ4v) is 3.64. The number of ketones is 1. The first-order chi connectivity index (χ1) is 16.9. The van der Waals surface area contributed by atoms with Crippen molar-refractivity contribution in [3.63, 3.8) is 0 Å². The van der Waals surface area contributed by atoms with E-state index in [-0.39, 0.29) is 29.5 Å². The van der Waals surface area contributed by atoms with Gasteiger partial charge in [-0.1, -0.05) is 36.4 Å². The summed E-state index contributed by atoms with van der Waals surface area (Å²) in [6.07, 6.45) is 1.59. The number of carbonyl (C=O) groups is 2. The third kappa shape index (κ3) is 5.28. The van der Waals surface area contributed by atoms with Gasteiger partial charge in [0.05, 0.1) is 24.5 Å². The predicted octanol–water partition coefficient (Wildman–Crippen LogP) is 3.60. The number of nitrogens with zero attached hydrogens (tertiary/aromatic N) is 2. The SMILES string of the molecule is CN[C@@H](C)C(=O)Nc1cn(-c2ccccc2)n(Cc2cccc(C(=O)c3ccc(F)cc3)c2)c1=O. The summed E-state index contributed by atoms with van der Waals surface area (Å²) < 4.78 is 16.4. The van der Waals surface area contributed by atoms with Gasteiger partial charge in [-0.15, -0.1) is 0 Å². The second kappa shape index (κ2) is 10.3. The number of aromatic nitrogens is 2. The molecule has 0 spiro atoms. The molecule has 8 heteroatoms. The topological polar surface area (TPSA) is 85.1 Å². The monoisotopic (exact) mass is 472 g/mol. The highest BCUT2D eigenvalue weighted by molar-refractivity contribution is 6.09. The molecule has 0 fully saturated rings. The maximum Gasteiger partial charge on any atom is 0.291 e. The molecule has 0 bridgehead atoms. The van der Waals surface area contributed by atoms with Gasteiger partial charge in [0.1, 0.15) is 11.5 Å². The highest BCUT2D eigenvalue weighted by Crippen LogP contribution is 2.16. The van der Waals surface area contributed by atoms with Crippen LogP contribution >= 0.6 is 0 Å². The van der Waals surface area contributed by atoms with Gasteiger partial charge >= 0.3 is 0 Å². The van der Waals surface area contributed by atoms with E-state index in [2.05, 4.69) is 10.6 Å². The van der Waals surface area contributed by atoms with Gasteiger partial charge in [-0.05, 0) is 62.0 Å². The number of anilines is 1. The zero-order valence-electron chi connectivity index (χ0n) is 19.4. The zero-order chi connectivity index (χ0) is 24.9. The van der Waals surface area contributed by atoms with Crippen LogP contribution in [0, 0.1) is 5.82 Å². The molecule has 0 aliphatic heterocycles. The number of likely N-dealkylation sites (N-methyl/N-ethyl adjacent to an activating group) is 1. The largest absolute Gasteiger partial charge is 0.319 e. The Bertz CT molecular complexity index is 1410. The van der Waals surface area contributed by atoms with Crippen molar-refractivity contribution in [1.82, 2.24) is 14.7 Å². The van der Waals surface area contributed by atoms with E-state index in [0.717, 1.165) is 11.3 Å². The molecule has 2 N–H and O–H groups in total. The average molecular weight is 473 g/mol. The highest BCUT2D eigenvalue weighted by Gasteiger charge is 2.18. The van der Waals surface area contributed by atoms with Crippen molar-refractivity contribution in [2.75, 3.05) is 12.4 Å². The number of amides is 1. The summed E-state index contributed by atoms with van der Waals surface area (Å²) >= 11 is 0. The molecule has 1 amide bonds. The molecule has 0 radical (unpaired) electrons. The lowest BCUT2D eigenvalue weighted by Gasteiger charge is -2.12. The molecule has 4 aromatic rings. The molecule has 35 heavy (non-hydrogen) atoms. The van der Waals surface area contributed by atoms with E-state index in [4.69, 9.17) is 0 Å². The van der Waals surface area contributed by atoms with Gasteiger partial charge in [-0.3, -0.25) is 19.1 Å². The molecular formula is C27H25FN4O3. The molecule has 178 valence electrons. The third-order valence-corrected chi connectivity index (χ3v) is 5.71. The Balaban J connectivity index is 1.70. The van der Waals surface area contributed by atoms with Gasteiger partial charge in [0.25, 0.3) is 5.56 Å². The number of halogens is 1. The summed E-state index contributed by atoms with van der Waals surface area (Å²) in [5, 5.41) is 5.54. The number of rotatable bonds is 8. The fraction of sp³-hybridized carbons (Fsp3) is 0.148. The van der Waals surface area contributed by atoms with Crippen molar-refractivity contribution in [2.45, 2.75) is 19.5 Å². The van der Waals surface area contributed by atoms with Crippen molar-refractivity contribution in [2.24, 2.45) is 0 Å². The van der Waals surface area contributed by atoms with Gasteiger partial charge in [0.15, 0.2) is 5.78 Å². The summed E-state index contributed by atoms with van der Waals surface area (Å²) in [7, 11) is 1.66. The van der Waals surface area contributed by atoms with Crippen LogP contribution in [0.3, 0.4) is 0 Å². The summed E-state index contributed by atoms with van der Waals surface area (Å²) in [4.78, 5) is 38.6. The van der Waals surface area contributed by atoms with Gasteiger partial charge in [-0.25, -0.2) is 9.07 Å². The van der Waals surface area contributed by atoms with E-state index < -0.39 is 11.9 Å². The van der Waals surface area contributed by atoms with Crippen LogP contribution in [0.1, 0.15) is 28.4 Å². The molecule has 1 heterocycles. The molecule has 0 saturated carbocycles. The lowest BCUT2D eigenvalue weighted by molar-refractivity contribution is -0.117. The standard InChI is InChI=1S/C27H25FN4O3/c1-18(29-2)26(34)30-24-17-31(23-9-4-3-5-10-23)32(27(24)35)16-19-7-6-8-21(15-19)25(33)20-11-13-22(28)14-12-20/h3-15,17-18,29H,16H2,1-2H3,(H,30,34)/t18-/m0/s1. The number of carbonyl (C=O) groups excluding carboxylic acids is 2. The molecule has 7 nitrogen and oxygen atoms in total. The maximum atomic E-state index is 13.3. The summed E-state index contributed by atoms with van der Waals surface area (Å²) in [5.74, 6) is -0.983. The van der Waals surface area contributed by atoms with Crippen LogP contribution in [0.25, 0.3) is 5.69 Å². The summed E-state index contributed by atoms with van der Waals surface area (Å²) in [6.45, 7) is 1.86. The lowest BCUT2D eigenvalue weighted by atomic mass is 10.0. The van der Waals surface area contributed by atoms with E-state index >= 15 is 0 Å². The summed E-state index contributed by atoms with van der Waals surface area (Å²) in [5.41, 5.74) is 2.04. The molecule has 0 aliphatic carbocycles. The third-order valence-electron chi connectivity index (χ3n) is 5.71. The van der Waals surface area contributed by atoms with Crippen LogP contribution in [0.5, 0.6) is 0 Å². The Morgan fingerprint density at radius 1 is 0.943 bits per heavy atom. The van der Waals surface area contributed by atoms with E-state index in [0.29, 0.717) is 11.1 Å². The molecule has 4 rings (SSSR count). The van der Waals surface area contributed by atoms with Crippen molar-refractivity contribution in [3.8, 4) is 5.69 Å². The number of benzene rings is 3. The number of para-hydroxylation sites is 1. The molecule has 0 aliphatic rings. The Labute approximate surface area is 201 Å². The van der Waals surface area contributed by atoms with Gasteiger partial charge in [0.2, 0.25) is 5.91 Å². The molecule has 0 unspecified atom stereocenters. The number of hydrogen-bond acceptors (Lipinski definition) is 4. The smallest absolute Gasteiger partial charge is 0.291 e. The number of nitrogens with one attached hydrogen (secondary N) is 2. The van der Waals surface area contributed by atoms with Crippen LogP contribution < -0.4 is 16.2 Å². The Hall–Kier alpha value is -4.30. The first kappa shape index (κ1) is 23.8. The first-order valence-corrected chi connectivity index (χ1v) is 11.1. The Morgan fingerprint density at radius 2 is 1.66 bits per heavy atom. The minimum absolute atomic E-state index is 0.152. The van der Waals surface area contributed by atoms with E-state index in [9.17, 15) is 18.8 Å². The fourth-order valence-electron chi connectivity index (χ4n) is 3.64. The predicted molar refractivity (Wildman–Crippen MR) is 133 cm³/mol. The van der Waals surface area contributed by atoms with Crippen molar-refractivity contribution in [1.29, 1.82) is 0 Å². The van der Waals surface area contributed by atoms with Crippen LogP contribution in [-0.4, -0.2) is 34.1 Å². The zero-order valence-corrected chi connectivity index (χ0v) is 19.4. The van der Waals surface area contributed by atoms with Gasteiger partial charge in [-0.2, -0.15) is 0 Å². The van der Waals surface area contributed by atoms with Crippen LogP contribution in [-0.2, 0) is 11.3 Å². The van der Waals surface area contributed by atoms with Crippen molar-refractivity contribution in [3.05, 3.63) is 118 Å². The van der Waals surface area contributed by atoms with Gasteiger partial charge in [0, 0.05) is 11.1 Å². The maximum absolute atomic E-state index is 13.3. The minimum atomic E-state index is -0.475. The van der Waals surface area contributed by atoms with Crippen LogP contribution in [0.2, 0.25) is 0 Å². The first-order valence-electron chi connectivity index (χ1n) is 11.1. The average Bonchev–Trinajstić information content (AvgIpc) is 3.18. The van der Waals surface area contributed by atoms with Crippen LogP contribution in [0.4, 0.5) is 10.1 Å². The highest BCUT2D eigenvalue weighted by atomic mass is 19.1. The Kier molecular flexibility index (Phi) is 7.03. The van der Waals surface area contributed by atoms with Crippen molar-refractivity contribution < 1.29 is 14.0 Å². The number of hydrogen-bond donors (Lipinski definition) is 2. The Morgan fingerprint density at radius 3 is 2.34 bits per heavy atom. The van der Waals surface area contributed by atoms with Gasteiger partial charge < -0.3 is 10.6 Å². The molecular weight excluding hydrogens is 447 g/mol. The minimum Gasteiger partial charge on any atom is -0.319 e. The normalized spacial score (nSPS) is 11.7. The molecule has 3 aromatic carbocycles. The van der Waals surface area contributed by atoms with E-state index in [1.807, 2.05) is 36.4 Å². The van der Waals surface area contributed by atoms with E-state index in [1.54, 1.807) is 43.0 Å². The second-order valence-electron chi connectivity index (χ2n) is 8.12. The molecule has 1 atom stereocenters. The molecule has 0 saturated heterocycles. The lowest BCUT2D eigenvalue weighted by Crippen LogP contribution is -2.36. The van der Waals surface area contributed by atoms with E-state index in [1.165, 1.54) is 28.9 Å². The van der Waals surface area contributed by atoms with Crippen LogP contribution in [0.15, 0.2) is 89.9 Å². The van der Waals surface area contributed by atoms with Crippen molar-refractivity contribution >= 4 is 17.4 Å². The summed E-state index contributed by atoms with van der Waals surface area (Å²) in [6, 6.07) is 21.1. The quantitative estimate of drug-likeness (QED) is 0.384. The molecule has 1 aromatic heterocycles.